The molecular formula is C19H24ClN3O3S. The second-order valence-electron chi connectivity index (χ2n) is 6.53. The summed E-state index contributed by atoms with van der Waals surface area (Å²) in [6, 6.07) is 13.3. The first-order chi connectivity index (χ1) is 12.6. The standard InChI is InChI=1S/C19H24ClN3O3S/c1-14(23(4)13-15-7-5-8-16(20)11-15)19(24)21-17-9-6-10-18(12-17)27(25,26)22(2)3/h5-12,14H,13H2,1-4H3,(H,21,24)/t14-/m1/s1. The molecule has 1 N–H and O–H groups in total. The van der Waals surface area contributed by atoms with Crippen LogP contribution in [0.4, 0.5) is 5.69 Å². The van der Waals surface area contributed by atoms with Gasteiger partial charge in [0.2, 0.25) is 15.9 Å². The van der Waals surface area contributed by atoms with Gasteiger partial charge in [0.1, 0.15) is 0 Å². The third kappa shape index (κ3) is 5.52. The summed E-state index contributed by atoms with van der Waals surface area (Å²) < 4.78 is 25.6. The smallest absolute Gasteiger partial charge is 0.242 e. The first-order valence-corrected chi connectivity index (χ1v) is 10.2. The van der Waals surface area contributed by atoms with Crippen LogP contribution in [0.15, 0.2) is 53.4 Å². The lowest BCUT2D eigenvalue weighted by Crippen LogP contribution is -2.39. The molecule has 1 amide bonds. The van der Waals surface area contributed by atoms with E-state index in [2.05, 4.69) is 5.32 Å². The molecule has 0 bridgehead atoms. The summed E-state index contributed by atoms with van der Waals surface area (Å²) in [6.07, 6.45) is 0. The van der Waals surface area contributed by atoms with Crippen LogP contribution < -0.4 is 5.32 Å². The summed E-state index contributed by atoms with van der Waals surface area (Å²) in [7, 11) is 1.22. The number of carbonyl (C=O) groups excluding carboxylic acids is 1. The molecular weight excluding hydrogens is 386 g/mol. The van der Waals surface area contributed by atoms with Gasteiger partial charge in [-0.3, -0.25) is 9.69 Å². The van der Waals surface area contributed by atoms with E-state index in [0.29, 0.717) is 17.3 Å². The Balaban J connectivity index is 2.08. The van der Waals surface area contributed by atoms with E-state index in [1.165, 1.54) is 26.2 Å². The van der Waals surface area contributed by atoms with Crippen LogP contribution in [0.25, 0.3) is 0 Å². The molecule has 6 nitrogen and oxygen atoms in total. The zero-order valence-electron chi connectivity index (χ0n) is 15.8. The van der Waals surface area contributed by atoms with E-state index in [-0.39, 0.29) is 10.8 Å². The Labute approximate surface area is 165 Å². The lowest BCUT2D eigenvalue weighted by atomic mass is 10.2. The molecule has 0 heterocycles. The van der Waals surface area contributed by atoms with Crippen molar-refractivity contribution in [1.82, 2.24) is 9.21 Å². The number of rotatable bonds is 7. The number of likely N-dealkylation sites (N-methyl/N-ethyl adjacent to an activating group) is 1. The van der Waals surface area contributed by atoms with E-state index in [0.717, 1.165) is 9.87 Å². The first kappa shape index (κ1) is 21.4. The van der Waals surface area contributed by atoms with Crippen molar-refractivity contribution in [3.63, 3.8) is 0 Å². The van der Waals surface area contributed by atoms with Gasteiger partial charge in [0, 0.05) is 31.4 Å². The zero-order valence-corrected chi connectivity index (χ0v) is 17.4. The summed E-state index contributed by atoms with van der Waals surface area (Å²) in [5, 5.41) is 3.43. The number of halogens is 1. The van der Waals surface area contributed by atoms with E-state index >= 15 is 0 Å². The second kappa shape index (κ2) is 8.84. The molecule has 1 atom stereocenters. The minimum absolute atomic E-state index is 0.130. The van der Waals surface area contributed by atoms with Crippen molar-refractivity contribution < 1.29 is 13.2 Å². The second-order valence-corrected chi connectivity index (χ2v) is 9.11. The van der Waals surface area contributed by atoms with Crippen molar-refractivity contribution in [3.05, 3.63) is 59.1 Å². The number of benzene rings is 2. The Morgan fingerprint density at radius 1 is 1.11 bits per heavy atom. The van der Waals surface area contributed by atoms with Crippen molar-refractivity contribution in [2.75, 3.05) is 26.5 Å². The normalized spacial score (nSPS) is 13.0. The number of hydrogen-bond donors (Lipinski definition) is 1. The fourth-order valence-corrected chi connectivity index (χ4v) is 3.61. The lowest BCUT2D eigenvalue weighted by molar-refractivity contribution is -0.120. The molecule has 2 aromatic carbocycles. The molecule has 146 valence electrons. The third-order valence-corrected chi connectivity index (χ3v) is 6.29. The number of anilines is 1. The largest absolute Gasteiger partial charge is 0.325 e. The first-order valence-electron chi connectivity index (χ1n) is 8.39. The maximum absolute atomic E-state index is 12.6. The van der Waals surface area contributed by atoms with Gasteiger partial charge in [-0.05, 0) is 49.9 Å². The number of nitrogens with zero attached hydrogens (tertiary/aromatic N) is 2. The van der Waals surface area contributed by atoms with E-state index in [4.69, 9.17) is 11.6 Å². The Morgan fingerprint density at radius 2 is 1.78 bits per heavy atom. The molecule has 0 aliphatic rings. The highest BCUT2D eigenvalue weighted by molar-refractivity contribution is 7.89. The molecule has 2 aromatic rings. The molecule has 0 aliphatic heterocycles. The molecule has 8 heteroatoms. The highest BCUT2D eigenvalue weighted by atomic mass is 35.5. The average Bonchev–Trinajstić information content (AvgIpc) is 2.61. The van der Waals surface area contributed by atoms with Crippen LogP contribution in [0.5, 0.6) is 0 Å². The molecule has 0 aliphatic carbocycles. The number of hydrogen-bond acceptors (Lipinski definition) is 4. The van der Waals surface area contributed by atoms with Crippen molar-refractivity contribution in [3.8, 4) is 0 Å². The van der Waals surface area contributed by atoms with E-state index < -0.39 is 16.1 Å². The number of amides is 1. The van der Waals surface area contributed by atoms with Gasteiger partial charge in [-0.25, -0.2) is 12.7 Å². The Morgan fingerprint density at radius 3 is 2.41 bits per heavy atom. The average molecular weight is 410 g/mol. The van der Waals surface area contributed by atoms with Gasteiger partial charge >= 0.3 is 0 Å². The van der Waals surface area contributed by atoms with Crippen molar-refractivity contribution in [1.29, 1.82) is 0 Å². The molecule has 27 heavy (non-hydrogen) atoms. The van der Waals surface area contributed by atoms with Crippen LogP contribution in [0.3, 0.4) is 0 Å². The molecule has 0 unspecified atom stereocenters. The van der Waals surface area contributed by atoms with Crippen molar-refractivity contribution in [2.24, 2.45) is 0 Å². The topological polar surface area (TPSA) is 69.7 Å². The number of sulfonamides is 1. The van der Waals surface area contributed by atoms with Crippen LogP contribution in [0.2, 0.25) is 5.02 Å². The van der Waals surface area contributed by atoms with Crippen LogP contribution in [-0.4, -0.2) is 50.7 Å². The lowest BCUT2D eigenvalue weighted by Gasteiger charge is -2.24. The summed E-state index contributed by atoms with van der Waals surface area (Å²) in [4.78, 5) is 14.6. The molecule has 0 spiro atoms. The van der Waals surface area contributed by atoms with Gasteiger partial charge in [0.05, 0.1) is 10.9 Å². The van der Waals surface area contributed by atoms with Gasteiger partial charge in [-0.15, -0.1) is 0 Å². The Hall–Kier alpha value is -1.93. The molecule has 0 saturated heterocycles. The zero-order chi connectivity index (χ0) is 20.2. The minimum Gasteiger partial charge on any atom is -0.325 e. The number of nitrogens with one attached hydrogen (secondary N) is 1. The third-order valence-electron chi connectivity index (χ3n) is 4.24. The van der Waals surface area contributed by atoms with Crippen LogP contribution >= 0.6 is 11.6 Å². The van der Waals surface area contributed by atoms with Crippen molar-refractivity contribution >= 4 is 33.2 Å². The van der Waals surface area contributed by atoms with E-state index in [1.807, 2.05) is 30.1 Å². The van der Waals surface area contributed by atoms with Gasteiger partial charge in [0.15, 0.2) is 0 Å². The van der Waals surface area contributed by atoms with Crippen LogP contribution in [0.1, 0.15) is 12.5 Å². The predicted octanol–water partition coefficient (Wildman–Crippen LogP) is 3.05. The Kier molecular flexibility index (Phi) is 7.00. The summed E-state index contributed by atoms with van der Waals surface area (Å²) in [5.41, 5.74) is 1.44. The van der Waals surface area contributed by atoms with Gasteiger partial charge < -0.3 is 5.32 Å². The summed E-state index contributed by atoms with van der Waals surface area (Å²) in [5.74, 6) is -0.223. The number of carbonyl (C=O) groups is 1. The molecule has 0 aromatic heterocycles. The summed E-state index contributed by atoms with van der Waals surface area (Å²) >= 11 is 6.00. The fourth-order valence-electron chi connectivity index (χ4n) is 2.45. The van der Waals surface area contributed by atoms with Crippen molar-refractivity contribution in [2.45, 2.75) is 24.4 Å². The quantitative estimate of drug-likeness (QED) is 0.763. The molecule has 0 radical (unpaired) electrons. The minimum atomic E-state index is -3.56. The SMILES string of the molecule is C[C@H](C(=O)Nc1cccc(S(=O)(=O)N(C)C)c1)N(C)Cc1cccc(Cl)c1. The van der Waals surface area contributed by atoms with Gasteiger partial charge in [-0.1, -0.05) is 29.8 Å². The highest BCUT2D eigenvalue weighted by Gasteiger charge is 2.20. The molecule has 2 rings (SSSR count). The van der Waals surface area contributed by atoms with Crippen LogP contribution in [-0.2, 0) is 21.4 Å². The summed E-state index contributed by atoms with van der Waals surface area (Å²) in [6.45, 7) is 2.35. The van der Waals surface area contributed by atoms with Crippen LogP contribution in [0, 0.1) is 0 Å². The van der Waals surface area contributed by atoms with Gasteiger partial charge in [-0.2, -0.15) is 0 Å². The molecule has 0 fully saturated rings. The maximum Gasteiger partial charge on any atom is 0.242 e. The molecule has 0 saturated carbocycles. The Bertz CT molecular complexity index is 916. The predicted molar refractivity (Wildman–Crippen MR) is 108 cm³/mol. The highest BCUT2D eigenvalue weighted by Crippen LogP contribution is 2.19. The van der Waals surface area contributed by atoms with Gasteiger partial charge in [0.25, 0.3) is 0 Å². The van der Waals surface area contributed by atoms with E-state index in [1.54, 1.807) is 25.1 Å². The maximum atomic E-state index is 12.6. The van der Waals surface area contributed by atoms with E-state index in [9.17, 15) is 13.2 Å². The monoisotopic (exact) mass is 409 g/mol. The fraction of sp³-hybridized carbons (Fsp3) is 0.316.